The average Bonchev–Trinajstić information content (AvgIpc) is 2.04. The van der Waals surface area contributed by atoms with Crippen LogP contribution in [0.2, 0.25) is 0 Å². The van der Waals surface area contributed by atoms with Crippen molar-refractivity contribution < 1.29 is 8.76 Å². The molecule has 0 aromatic rings. The molecule has 0 radical (unpaired) electrons. The number of hydrogen-bond acceptors (Lipinski definition) is 3. The van der Waals surface area contributed by atoms with Crippen LogP contribution in [0.25, 0.3) is 0 Å². The second kappa shape index (κ2) is 4.15. The van der Waals surface area contributed by atoms with Crippen LogP contribution < -0.4 is 5.32 Å². The Bertz CT molecular complexity index is 154. The lowest BCUT2D eigenvalue weighted by Gasteiger charge is -2.36. The van der Waals surface area contributed by atoms with Gasteiger partial charge in [0.2, 0.25) is 0 Å². The van der Waals surface area contributed by atoms with E-state index < -0.39 is 11.3 Å². The van der Waals surface area contributed by atoms with Gasteiger partial charge in [0.05, 0.1) is 0 Å². The first-order valence-electron chi connectivity index (χ1n) is 3.82. The van der Waals surface area contributed by atoms with Gasteiger partial charge in [-0.25, -0.2) is 4.31 Å². The van der Waals surface area contributed by atoms with Crippen molar-refractivity contribution in [3.63, 3.8) is 0 Å². The summed E-state index contributed by atoms with van der Waals surface area (Å²) in [4.78, 5) is 0. The van der Waals surface area contributed by atoms with Crippen LogP contribution in [-0.4, -0.2) is 38.7 Å². The molecule has 5 heteroatoms. The van der Waals surface area contributed by atoms with Gasteiger partial charge >= 0.3 is 0 Å². The Labute approximate surface area is 69.4 Å². The van der Waals surface area contributed by atoms with E-state index in [1.807, 2.05) is 6.92 Å². The minimum absolute atomic E-state index is 0.155. The molecular formula is C6H13N2O2S-. The zero-order valence-corrected chi connectivity index (χ0v) is 7.39. The quantitative estimate of drug-likeness (QED) is 0.577. The normalized spacial score (nSPS) is 30.2. The molecular weight excluding hydrogens is 164 g/mol. The van der Waals surface area contributed by atoms with Crippen molar-refractivity contribution in [2.45, 2.75) is 19.4 Å². The number of piperazine rings is 1. The predicted molar refractivity (Wildman–Crippen MR) is 42.6 cm³/mol. The first kappa shape index (κ1) is 9.12. The molecule has 0 bridgehead atoms. The average molecular weight is 177 g/mol. The first-order chi connectivity index (χ1) is 5.25. The van der Waals surface area contributed by atoms with Gasteiger partial charge in [0.1, 0.15) is 0 Å². The highest BCUT2D eigenvalue weighted by Gasteiger charge is 2.20. The second-order valence-corrected chi connectivity index (χ2v) is 3.53. The molecule has 1 heterocycles. The van der Waals surface area contributed by atoms with Crippen LogP contribution in [0.3, 0.4) is 0 Å². The second-order valence-electron chi connectivity index (χ2n) is 2.62. The summed E-state index contributed by atoms with van der Waals surface area (Å²) in [6.07, 6.45) is 0.876. The van der Waals surface area contributed by atoms with Crippen molar-refractivity contribution in [2.75, 3.05) is 19.6 Å². The van der Waals surface area contributed by atoms with Crippen LogP contribution in [0, 0.1) is 0 Å². The van der Waals surface area contributed by atoms with Crippen molar-refractivity contribution in [1.82, 2.24) is 9.62 Å². The molecule has 1 saturated heterocycles. The van der Waals surface area contributed by atoms with E-state index >= 15 is 0 Å². The third-order valence-electron chi connectivity index (χ3n) is 1.96. The molecule has 1 N–H and O–H groups in total. The molecule has 1 aliphatic rings. The maximum atomic E-state index is 10.6. The summed E-state index contributed by atoms with van der Waals surface area (Å²) in [6, 6.07) is 0.155. The number of hydrogen-bond donors (Lipinski definition) is 1. The van der Waals surface area contributed by atoms with Crippen molar-refractivity contribution in [3.05, 3.63) is 0 Å². The van der Waals surface area contributed by atoms with Gasteiger partial charge in [-0.3, -0.25) is 4.21 Å². The van der Waals surface area contributed by atoms with Crippen molar-refractivity contribution in [3.8, 4) is 0 Å². The zero-order chi connectivity index (χ0) is 8.27. The van der Waals surface area contributed by atoms with E-state index in [2.05, 4.69) is 5.32 Å². The third-order valence-corrected chi connectivity index (χ3v) is 2.82. The van der Waals surface area contributed by atoms with Crippen LogP contribution in [0.4, 0.5) is 0 Å². The molecule has 11 heavy (non-hydrogen) atoms. The molecule has 4 nitrogen and oxygen atoms in total. The third kappa shape index (κ3) is 2.23. The van der Waals surface area contributed by atoms with Gasteiger partial charge < -0.3 is 9.87 Å². The van der Waals surface area contributed by atoms with Crippen LogP contribution in [-0.2, 0) is 11.3 Å². The number of nitrogens with zero attached hydrogens (tertiary/aromatic N) is 1. The summed E-state index contributed by atoms with van der Waals surface area (Å²) in [6.45, 7) is 4.15. The van der Waals surface area contributed by atoms with Gasteiger partial charge in [0.25, 0.3) is 0 Å². The maximum absolute atomic E-state index is 10.6. The molecule has 2 unspecified atom stereocenters. The van der Waals surface area contributed by atoms with Crippen molar-refractivity contribution in [1.29, 1.82) is 0 Å². The predicted octanol–water partition coefficient (Wildman–Crippen LogP) is -0.536. The highest BCUT2D eigenvalue weighted by molar-refractivity contribution is 7.76. The van der Waals surface area contributed by atoms with E-state index in [9.17, 15) is 8.76 Å². The Balaban J connectivity index is 2.51. The van der Waals surface area contributed by atoms with E-state index in [4.69, 9.17) is 0 Å². The van der Waals surface area contributed by atoms with Gasteiger partial charge in [-0.1, -0.05) is 6.92 Å². The summed E-state index contributed by atoms with van der Waals surface area (Å²) < 4.78 is 22.8. The van der Waals surface area contributed by atoms with Crippen LogP contribution in [0.15, 0.2) is 0 Å². The SMILES string of the molecule is CCC1CNCCN1S(=O)[O-]. The highest BCUT2D eigenvalue weighted by atomic mass is 32.2. The van der Waals surface area contributed by atoms with Gasteiger partial charge in [0.15, 0.2) is 0 Å². The minimum Gasteiger partial charge on any atom is -0.760 e. The molecule has 0 saturated carbocycles. The fraction of sp³-hybridized carbons (Fsp3) is 1.00. The Morgan fingerprint density at radius 3 is 3.00 bits per heavy atom. The lowest BCUT2D eigenvalue weighted by Crippen LogP contribution is -2.51. The summed E-state index contributed by atoms with van der Waals surface area (Å²) in [7, 11) is 0. The highest BCUT2D eigenvalue weighted by Crippen LogP contribution is 2.07. The van der Waals surface area contributed by atoms with Gasteiger partial charge in [-0.2, -0.15) is 0 Å². The van der Waals surface area contributed by atoms with E-state index in [0.717, 1.165) is 19.5 Å². The molecule has 0 spiro atoms. The zero-order valence-electron chi connectivity index (χ0n) is 6.58. The van der Waals surface area contributed by atoms with Crippen LogP contribution in [0.5, 0.6) is 0 Å². The Hall–Kier alpha value is 0.0300. The molecule has 66 valence electrons. The first-order valence-corrected chi connectivity index (χ1v) is 4.85. The van der Waals surface area contributed by atoms with E-state index in [1.165, 1.54) is 4.31 Å². The summed E-state index contributed by atoms with van der Waals surface area (Å²) in [5.41, 5.74) is 0. The molecule has 1 rings (SSSR count). The fourth-order valence-electron chi connectivity index (χ4n) is 1.29. The molecule has 0 aromatic heterocycles. The van der Waals surface area contributed by atoms with E-state index in [0.29, 0.717) is 6.54 Å². The van der Waals surface area contributed by atoms with Crippen LogP contribution in [0.1, 0.15) is 13.3 Å². The number of nitrogens with one attached hydrogen (secondary N) is 1. The van der Waals surface area contributed by atoms with E-state index in [-0.39, 0.29) is 6.04 Å². The van der Waals surface area contributed by atoms with Gasteiger partial charge in [-0.15, -0.1) is 0 Å². The summed E-state index contributed by atoms with van der Waals surface area (Å²) in [5, 5.41) is 3.16. The smallest absolute Gasteiger partial charge is 0.0337 e. The van der Waals surface area contributed by atoms with Crippen molar-refractivity contribution in [2.24, 2.45) is 0 Å². The molecule has 0 aromatic carbocycles. The Morgan fingerprint density at radius 2 is 2.55 bits per heavy atom. The Morgan fingerprint density at radius 1 is 1.82 bits per heavy atom. The molecule has 2 atom stereocenters. The lowest BCUT2D eigenvalue weighted by molar-refractivity contribution is 0.254. The lowest BCUT2D eigenvalue weighted by atomic mass is 10.2. The standard InChI is InChI=1S/C6H14N2O2S/c1-2-6-5-7-3-4-8(6)11(9)10/h6-7H,2-5H2,1H3,(H,9,10)/p-1. The van der Waals surface area contributed by atoms with E-state index in [1.54, 1.807) is 0 Å². The van der Waals surface area contributed by atoms with Crippen LogP contribution >= 0.6 is 0 Å². The number of rotatable bonds is 2. The molecule has 0 aliphatic carbocycles. The van der Waals surface area contributed by atoms with Gasteiger partial charge in [0, 0.05) is 36.9 Å². The summed E-state index contributed by atoms with van der Waals surface area (Å²) in [5.74, 6) is 0. The minimum atomic E-state index is -2.04. The fourth-order valence-corrected chi connectivity index (χ4v) is 1.99. The topological polar surface area (TPSA) is 55.4 Å². The van der Waals surface area contributed by atoms with Gasteiger partial charge in [-0.05, 0) is 6.42 Å². The summed E-state index contributed by atoms with van der Waals surface area (Å²) >= 11 is -2.04. The monoisotopic (exact) mass is 177 g/mol. The maximum Gasteiger partial charge on any atom is 0.0337 e. The molecule has 0 amide bonds. The van der Waals surface area contributed by atoms with Crippen molar-refractivity contribution >= 4 is 11.3 Å². The molecule has 1 aliphatic heterocycles. The largest absolute Gasteiger partial charge is 0.760 e. The Kier molecular flexibility index (Phi) is 3.45. The molecule has 1 fully saturated rings.